The number of amides is 1. The Bertz CT molecular complexity index is 861. The van der Waals surface area contributed by atoms with Gasteiger partial charge in [-0.15, -0.1) is 0 Å². The number of rotatable bonds is 4. The van der Waals surface area contributed by atoms with Crippen LogP contribution < -0.4 is 5.32 Å². The summed E-state index contributed by atoms with van der Waals surface area (Å²) in [7, 11) is 0. The van der Waals surface area contributed by atoms with Crippen molar-refractivity contribution in [1.29, 1.82) is 0 Å². The van der Waals surface area contributed by atoms with Gasteiger partial charge in [0.1, 0.15) is 16.9 Å². The van der Waals surface area contributed by atoms with Crippen molar-refractivity contribution in [3.63, 3.8) is 0 Å². The van der Waals surface area contributed by atoms with Crippen LogP contribution in [0, 0.1) is 13.8 Å². The van der Waals surface area contributed by atoms with Crippen molar-refractivity contribution in [2.75, 3.05) is 5.32 Å². The number of benzene rings is 1. The van der Waals surface area contributed by atoms with E-state index in [0.29, 0.717) is 5.65 Å². The Morgan fingerprint density at radius 3 is 2.91 bits per heavy atom. The molecule has 0 radical (unpaired) electrons. The van der Waals surface area contributed by atoms with Gasteiger partial charge in [0.15, 0.2) is 5.65 Å². The first-order valence-electron chi connectivity index (χ1n) is 7.24. The zero-order valence-corrected chi connectivity index (χ0v) is 13.9. The van der Waals surface area contributed by atoms with Crippen molar-refractivity contribution < 1.29 is 4.79 Å². The van der Waals surface area contributed by atoms with Crippen LogP contribution in [-0.4, -0.2) is 31.1 Å². The van der Waals surface area contributed by atoms with Gasteiger partial charge in [0.2, 0.25) is 5.91 Å². The highest BCUT2D eigenvalue weighted by molar-refractivity contribution is 8.00. The molecule has 0 aliphatic carbocycles. The Hall–Kier alpha value is -2.41. The second-order valence-corrected chi connectivity index (χ2v) is 6.61. The molecular formula is C16H17N5OS. The highest BCUT2D eigenvalue weighted by Crippen LogP contribution is 2.27. The third-order valence-electron chi connectivity index (χ3n) is 3.71. The van der Waals surface area contributed by atoms with Crippen LogP contribution in [0.3, 0.4) is 0 Å². The van der Waals surface area contributed by atoms with Gasteiger partial charge in [-0.1, -0.05) is 23.9 Å². The molecule has 0 spiro atoms. The predicted octanol–water partition coefficient (Wildman–Crippen LogP) is 3.09. The number of thioether (sulfide) groups is 1. The lowest BCUT2D eigenvalue weighted by molar-refractivity contribution is -0.115. The highest BCUT2D eigenvalue weighted by Gasteiger charge is 2.18. The number of nitrogens with one attached hydrogen (secondary N) is 2. The fourth-order valence-electron chi connectivity index (χ4n) is 2.17. The average Bonchev–Trinajstić information content (AvgIpc) is 3.01. The number of hydrogen-bond donors (Lipinski definition) is 2. The van der Waals surface area contributed by atoms with E-state index in [0.717, 1.165) is 27.4 Å². The number of hydrogen-bond acceptors (Lipinski definition) is 5. The fourth-order valence-corrected chi connectivity index (χ4v) is 3.05. The van der Waals surface area contributed by atoms with Crippen molar-refractivity contribution in [2.45, 2.75) is 31.0 Å². The van der Waals surface area contributed by atoms with E-state index in [2.05, 4.69) is 25.3 Å². The van der Waals surface area contributed by atoms with E-state index in [9.17, 15) is 4.79 Å². The number of H-pyrrole nitrogens is 1. The van der Waals surface area contributed by atoms with Gasteiger partial charge in [-0.25, -0.2) is 15.0 Å². The minimum atomic E-state index is -0.295. The highest BCUT2D eigenvalue weighted by atomic mass is 32.2. The van der Waals surface area contributed by atoms with Crippen LogP contribution >= 0.6 is 11.8 Å². The summed E-state index contributed by atoms with van der Waals surface area (Å²) in [6, 6.07) is 5.88. The summed E-state index contributed by atoms with van der Waals surface area (Å²) in [4.78, 5) is 27.9. The first kappa shape index (κ1) is 15.5. The molecule has 1 unspecified atom stereocenters. The standard InChI is InChI=1S/C16H17N5OS/c1-9-5-4-6-12(10(9)2)21-15(22)11(3)23-16-13-14(18-7-17-13)19-8-20-16/h4-8,11H,1-3H3,(H,21,22)(H,17,18,19,20). The zero-order valence-electron chi connectivity index (χ0n) is 13.1. The van der Waals surface area contributed by atoms with Gasteiger partial charge < -0.3 is 10.3 Å². The average molecular weight is 327 g/mol. The molecule has 0 bridgehead atoms. The summed E-state index contributed by atoms with van der Waals surface area (Å²) >= 11 is 1.38. The molecule has 2 N–H and O–H groups in total. The summed E-state index contributed by atoms with van der Waals surface area (Å²) in [6.07, 6.45) is 3.03. The molecule has 0 aliphatic rings. The van der Waals surface area contributed by atoms with E-state index in [-0.39, 0.29) is 11.2 Å². The molecular weight excluding hydrogens is 310 g/mol. The molecule has 1 atom stereocenters. The minimum absolute atomic E-state index is 0.0602. The lowest BCUT2D eigenvalue weighted by Crippen LogP contribution is -2.23. The lowest BCUT2D eigenvalue weighted by atomic mass is 10.1. The number of nitrogens with zero attached hydrogens (tertiary/aromatic N) is 3. The minimum Gasteiger partial charge on any atom is -0.341 e. The molecule has 3 aromatic rings. The second kappa shape index (κ2) is 6.37. The van der Waals surface area contributed by atoms with Crippen LogP contribution in [0.15, 0.2) is 35.9 Å². The molecule has 2 heterocycles. The molecule has 3 rings (SSSR count). The quantitative estimate of drug-likeness (QED) is 0.568. The smallest absolute Gasteiger partial charge is 0.237 e. The number of aryl methyl sites for hydroxylation is 1. The summed E-state index contributed by atoms with van der Waals surface area (Å²) in [5.41, 5.74) is 4.43. The van der Waals surface area contributed by atoms with E-state index < -0.39 is 0 Å². The van der Waals surface area contributed by atoms with Gasteiger partial charge in [0.05, 0.1) is 11.6 Å². The van der Waals surface area contributed by atoms with Crippen LogP contribution in [0.25, 0.3) is 11.2 Å². The van der Waals surface area contributed by atoms with Gasteiger partial charge >= 0.3 is 0 Å². The predicted molar refractivity (Wildman–Crippen MR) is 91.5 cm³/mol. The van der Waals surface area contributed by atoms with E-state index >= 15 is 0 Å². The molecule has 1 aromatic carbocycles. The Balaban J connectivity index is 1.75. The van der Waals surface area contributed by atoms with Gasteiger partial charge in [-0.3, -0.25) is 4.79 Å². The third kappa shape index (κ3) is 3.19. The van der Waals surface area contributed by atoms with Gasteiger partial charge in [0, 0.05) is 5.69 Å². The number of carbonyl (C=O) groups is 1. The molecule has 1 amide bonds. The van der Waals surface area contributed by atoms with E-state index in [1.165, 1.54) is 18.1 Å². The largest absolute Gasteiger partial charge is 0.341 e. The molecule has 0 saturated carbocycles. The number of anilines is 1. The summed E-state index contributed by atoms with van der Waals surface area (Å²) in [5.74, 6) is -0.0602. The topological polar surface area (TPSA) is 83.6 Å². The number of aromatic amines is 1. The Labute approximate surface area is 138 Å². The first-order valence-corrected chi connectivity index (χ1v) is 8.12. The summed E-state index contributed by atoms with van der Waals surface area (Å²) < 4.78 is 0. The molecule has 0 aliphatic heterocycles. The third-order valence-corrected chi connectivity index (χ3v) is 4.81. The maximum absolute atomic E-state index is 12.5. The molecule has 0 fully saturated rings. The monoisotopic (exact) mass is 327 g/mol. The Kier molecular flexibility index (Phi) is 4.29. The molecule has 23 heavy (non-hydrogen) atoms. The van der Waals surface area contributed by atoms with Crippen LogP contribution in [-0.2, 0) is 4.79 Å². The molecule has 6 nitrogen and oxygen atoms in total. The van der Waals surface area contributed by atoms with Crippen molar-refractivity contribution in [3.8, 4) is 0 Å². The SMILES string of the molecule is Cc1cccc(NC(=O)C(C)Sc2ncnc3nc[nH]c23)c1C. The van der Waals surface area contributed by atoms with E-state index in [1.54, 1.807) is 6.33 Å². The number of fused-ring (bicyclic) bond motifs is 1. The van der Waals surface area contributed by atoms with Crippen molar-refractivity contribution in [2.24, 2.45) is 0 Å². The molecule has 0 saturated heterocycles. The zero-order chi connectivity index (χ0) is 16.4. The Morgan fingerprint density at radius 1 is 1.26 bits per heavy atom. The van der Waals surface area contributed by atoms with Gasteiger partial charge in [0.25, 0.3) is 0 Å². The van der Waals surface area contributed by atoms with Crippen molar-refractivity contribution in [1.82, 2.24) is 19.9 Å². The summed E-state index contributed by atoms with van der Waals surface area (Å²) in [5, 5.41) is 3.41. The van der Waals surface area contributed by atoms with E-state index in [4.69, 9.17) is 0 Å². The first-order chi connectivity index (χ1) is 11.1. The fraction of sp³-hybridized carbons (Fsp3) is 0.250. The second-order valence-electron chi connectivity index (χ2n) is 5.28. The normalized spacial score (nSPS) is 12.3. The van der Waals surface area contributed by atoms with Crippen LogP contribution in [0.1, 0.15) is 18.1 Å². The van der Waals surface area contributed by atoms with E-state index in [1.807, 2.05) is 39.0 Å². The van der Waals surface area contributed by atoms with Gasteiger partial charge in [-0.2, -0.15) is 0 Å². The number of imidazole rings is 1. The maximum Gasteiger partial charge on any atom is 0.237 e. The Morgan fingerprint density at radius 2 is 2.09 bits per heavy atom. The molecule has 2 aromatic heterocycles. The van der Waals surface area contributed by atoms with Crippen LogP contribution in [0.2, 0.25) is 0 Å². The van der Waals surface area contributed by atoms with Gasteiger partial charge in [-0.05, 0) is 38.0 Å². The summed E-state index contributed by atoms with van der Waals surface area (Å²) in [6.45, 7) is 5.88. The van der Waals surface area contributed by atoms with Crippen LogP contribution in [0.4, 0.5) is 5.69 Å². The van der Waals surface area contributed by atoms with Crippen LogP contribution in [0.5, 0.6) is 0 Å². The number of carbonyl (C=O) groups excluding carboxylic acids is 1. The van der Waals surface area contributed by atoms with Crippen molar-refractivity contribution >= 4 is 34.5 Å². The van der Waals surface area contributed by atoms with Crippen molar-refractivity contribution in [3.05, 3.63) is 42.0 Å². The maximum atomic E-state index is 12.5. The molecule has 7 heteroatoms. The molecule has 118 valence electrons. The lowest BCUT2D eigenvalue weighted by Gasteiger charge is -2.14. The number of aromatic nitrogens is 4.